The van der Waals surface area contributed by atoms with E-state index in [1.807, 2.05) is 0 Å². The molecule has 4 heteroatoms. The first-order valence-electron chi connectivity index (χ1n) is 6.70. The summed E-state index contributed by atoms with van der Waals surface area (Å²) < 4.78 is 5.28. The van der Waals surface area contributed by atoms with Gasteiger partial charge in [-0.15, -0.1) is 0 Å². The smallest absolute Gasteiger partial charge is 0.252 e. The van der Waals surface area contributed by atoms with Gasteiger partial charge in [0.05, 0.1) is 6.10 Å². The number of hydrogen-bond donors (Lipinski definition) is 0. The highest BCUT2D eigenvalue weighted by molar-refractivity contribution is 6.67. The molecule has 0 aliphatic carbocycles. The first kappa shape index (κ1) is 16.5. The Morgan fingerprint density at radius 1 is 1.42 bits per heavy atom. The molecule has 1 fully saturated rings. The van der Waals surface area contributed by atoms with Gasteiger partial charge in [-0.1, -0.05) is 43.9 Å². The van der Waals surface area contributed by atoms with E-state index in [-0.39, 0.29) is 0 Å². The van der Waals surface area contributed by atoms with Crippen molar-refractivity contribution in [2.75, 3.05) is 6.61 Å². The standard InChI is InChI=1S/C8H16O.C7H4Cl2O/c1-2-3-4-5-8-6-7-9-8;8-6-3-1-2-5(4-6)7(9)10/h8H,2-7H2,1H3;1-4H. The molecule has 1 aromatic rings. The third kappa shape index (κ3) is 6.95. The molecule has 0 radical (unpaired) electrons. The Bertz CT molecular complexity index is 389. The Kier molecular flexibility index (Phi) is 8.11. The quantitative estimate of drug-likeness (QED) is 0.560. The number of carbonyl (C=O) groups is 1. The second-order valence-electron chi connectivity index (χ2n) is 4.56. The first-order chi connectivity index (χ1) is 9.13. The lowest BCUT2D eigenvalue weighted by Crippen LogP contribution is -2.26. The van der Waals surface area contributed by atoms with E-state index in [0.29, 0.717) is 16.7 Å². The van der Waals surface area contributed by atoms with E-state index >= 15 is 0 Å². The SMILES string of the molecule is CCCCCC1CCO1.O=C(Cl)c1cccc(Cl)c1. The molecule has 0 bridgehead atoms. The molecule has 106 valence electrons. The molecule has 0 aromatic heterocycles. The van der Waals surface area contributed by atoms with Crippen LogP contribution in [0.25, 0.3) is 0 Å². The lowest BCUT2D eigenvalue weighted by molar-refractivity contribution is -0.0555. The second kappa shape index (κ2) is 9.35. The van der Waals surface area contributed by atoms with Gasteiger partial charge in [0.2, 0.25) is 0 Å². The maximum atomic E-state index is 10.5. The molecule has 0 N–H and O–H groups in total. The molecule has 1 atom stereocenters. The third-order valence-corrected chi connectivity index (χ3v) is 3.43. The van der Waals surface area contributed by atoms with Crippen LogP contribution in [0.15, 0.2) is 24.3 Å². The normalized spacial score (nSPS) is 17.1. The summed E-state index contributed by atoms with van der Waals surface area (Å²) in [5.74, 6) is 0. The van der Waals surface area contributed by atoms with E-state index in [1.54, 1.807) is 18.2 Å². The summed E-state index contributed by atoms with van der Waals surface area (Å²) in [7, 11) is 0. The van der Waals surface area contributed by atoms with Crippen LogP contribution in [0.1, 0.15) is 49.4 Å². The van der Waals surface area contributed by atoms with Crippen molar-refractivity contribution < 1.29 is 9.53 Å². The van der Waals surface area contributed by atoms with Crippen molar-refractivity contribution in [3.8, 4) is 0 Å². The molecule has 0 spiro atoms. The lowest BCUT2D eigenvalue weighted by atomic mass is 10.1. The Morgan fingerprint density at radius 2 is 2.16 bits per heavy atom. The van der Waals surface area contributed by atoms with Gasteiger partial charge in [-0.05, 0) is 42.6 Å². The minimum absolute atomic E-state index is 0.425. The number of rotatable bonds is 5. The number of hydrogen-bond acceptors (Lipinski definition) is 2. The first-order valence-corrected chi connectivity index (χ1v) is 7.46. The fourth-order valence-electron chi connectivity index (χ4n) is 1.74. The van der Waals surface area contributed by atoms with Crippen molar-refractivity contribution in [2.24, 2.45) is 0 Å². The highest BCUT2D eigenvalue weighted by Gasteiger charge is 2.16. The van der Waals surface area contributed by atoms with E-state index in [4.69, 9.17) is 27.9 Å². The van der Waals surface area contributed by atoms with E-state index in [9.17, 15) is 4.79 Å². The number of carbonyl (C=O) groups excluding carboxylic acids is 1. The number of halogens is 2. The zero-order valence-corrected chi connectivity index (χ0v) is 12.7. The summed E-state index contributed by atoms with van der Waals surface area (Å²) in [4.78, 5) is 10.5. The molecule has 0 saturated carbocycles. The Balaban J connectivity index is 0.000000191. The minimum atomic E-state index is -0.484. The average Bonchev–Trinajstić information content (AvgIpc) is 2.33. The fraction of sp³-hybridized carbons (Fsp3) is 0.533. The van der Waals surface area contributed by atoms with Gasteiger partial charge < -0.3 is 4.74 Å². The number of unbranched alkanes of at least 4 members (excludes halogenated alkanes) is 2. The van der Waals surface area contributed by atoms with E-state index in [2.05, 4.69) is 6.92 Å². The van der Waals surface area contributed by atoms with Crippen molar-refractivity contribution in [2.45, 2.75) is 45.1 Å². The fourth-order valence-corrected chi connectivity index (χ4v) is 2.05. The summed E-state index contributed by atoms with van der Waals surface area (Å²) in [6.45, 7) is 3.25. The molecule has 1 saturated heterocycles. The van der Waals surface area contributed by atoms with Gasteiger partial charge in [0.15, 0.2) is 0 Å². The summed E-state index contributed by atoms with van der Waals surface area (Å²) in [6.07, 6.45) is 7.31. The Morgan fingerprint density at radius 3 is 2.58 bits per heavy atom. The summed E-state index contributed by atoms with van der Waals surface area (Å²) >= 11 is 10.8. The van der Waals surface area contributed by atoms with Gasteiger partial charge in [0, 0.05) is 17.2 Å². The van der Waals surface area contributed by atoms with Gasteiger partial charge in [-0.3, -0.25) is 4.79 Å². The van der Waals surface area contributed by atoms with Crippen LogP contribution in [0.3, 0.4) is 0 Å². The molecular weight excluding hydrogens is 283 g/mol. The van der Waals surface area contributed by atoms with Gasteiger partial charge in [-0.25, -0.2) is 0 Å². The maximum Gasteiger partial charge on any atom is 0.252 e. The van der Waals surface area contributed by atoms with Crippen LogP contribution < -0.4 is 0 Å². The molecule has 1 unspecified atom stereocenters. The van der Waals surface area contributed by atoms with Crippen LogP contribution in [0.4, 0.5) is 0 Å². The molecular formula is C15H20Cl2O2. The van der Waals surface area contributed by atoms with Crippen LogP contribution in [0.5, 0.6) is 0 Å². The van der Waals surface area contributed by atoms with Crippen LogP contribution in [-0.4, -0.2) is 18.0 Å². The van der Waals surface area contributed by atoms with Crippen molar-refractivity contribution in [3.05, 3.63) is 34.9 Å². The van der Waals surface area contributed by atoms with Crippen molar-refractivity contribution in [3.63, 3.8) is 0 Å². The monoisotopic (exact) mass is 302 g/mol. The van der Waals surface area contributed by atoms with Crippen LogP contribution in [0.2, 0.25) is 5.02 Å². The molecule has 19 heavy (non-hydrogen) atoms. The van der Waals surface area contributed by atoms with Crippen LogP contribution >= 0.6 is 23.2 Å². The predicted octanol–water partition coefficient (Wildman–Crippen LogP) is 5.07. The third-order valence-electron chi connectivity index (χ3n) is 2.97. The Hall–Kier alpha value is -0.570. The van der Waals surface area contributed by atoms with Crippen molar-refractivity contribution in [1.82, 2.24) is 0 Å². The zero-order chi connectivity index (χ0) is 14.1. The largest absolute Gasteiger partial charge is 0.378 e. The van der Waals surface area contributed by atoms with E-state index in [1.165, 1.54) is 38.2 Å². The minimum Gasteiger partial charge on any atom is -0.378 e. The molecule has 0 amide bonds. The lowest BCUT2D eigenvalue weighted by Gasteiger charge is -2.26. The molecule has 1 heterocycles. The highest BCUT2D eigenvalue weighted by atomic mass is 35.5. The zero-order valence-electron chi connectivity index (χ0n) is 11.2. The maximum absolute atomic E-state index is 10.5. The summed E-state index contributed by atoms with van der Waals surface area (Å²) in [5, 5.41) is 0.0361. The molecule has 2 rings (SSSR count). The van der Waals surface area contributed by atoms with Gasteiger partial charge >= 0.3 is 0 Å². The summed E-state index contributed by atoms with van der Waals surface area (Å²) in [6, 6.07) is 6.50. The summed E-state index contributed by atoms with van der Waals surface area (Å²) in [5.41, 5.74) is 0.425. The highest BCUT2D eigenvalue weighted by Crippen LogP contribution is 2.17. The van der Waals surface area contributed by atoms with Gasteiger partial charge in [0.25, 0.3) is 5.24 Å². The van der Waals surface area contributed by atoms with E-state index < -0.39 is 5.24 Å². The van der Waals surface area contributed by atoms with Crippen LogP contribution in [-0.2, 0) is 4.74 Å². The van der Waals surface area contributed by atoms with Crippen LogP contribution in [0, 0.1) is 0 Å². The number of benzene rings is 1. The molecule has 1 aliphatic heterocycles. The number of ether oxygens (including phenoxy) is 1. The Labute approximate surface area is 125 Å². The predicted molar refractivity (Wildman–Crippen MR) is 80.1 cm³/mol. The topological polar surface area (TPSA) is 26.3 Å². The van der Waals surface area contributed by atoms with Crippen molar-refractivity contribution in [1.29, 1.82) is 0 Å². The molecule has 2 nitrogen and oxygen atoms in total. The van der Waals surface area contributed by atoms with Crippen molar-refractivity contribution >= 4 is 28.4 Å². The molecule has 1 aliphatic rings. The van der Waals surface area contributed by atoms with Gasteiger partial charge in [0.1, 0.15) is 0 Å². The van der Waals surface area contributed by atoms with Gasteiger partial charge in [-0.2, -0.15) is 0 Å². The average molecular weight is 303 g/mol. The van der Waals surface area contributed by atoms with E-state index in [0.717, 1.165) is 6.61 Å². The second-order valence-corrected chi connectivity index (χ2v) is 5.34. The molecule has 1 aromatic carbocycles.